The third-order valence-electron chi connectivity index (χ3n) is 3.67. The summed E-state index contributed by atoms with van der Waals surface area (Å²) in [7, 11) is 0. The Morgan fingerprint density at radius 3 is 2.64 bits per heavy atom. The van der Waals surface area contributed by atoms with Gasteiger partial charge in [-0.3, -0.25) is 4.98 Å². The topological polar surface area (TPSA) is 37.0 Å². The highest BCUT2D eigenvalue weighted by Crippen LogP contribution is 2.10. The number of nitrogens with one attached hydrogen (secondary N) is 2. The highest BCUT2D eigenvalue weighted by Gasteiger charge is 2.09. The fourth-order valence-corrected chi connectivity index (χ4v) is 2.42. The molecule has 1 aromatic rings. The van der Waals surface area contributed by atoms with Crippen LogP contribution in [0.15, 0.2) is 42.4 Å². The molecule has 0 spiro atoms. The maximum atomic E-state index is 4.24. The van der Waals surface area contributed by atoms with Crippen LogP contribution in [0.5, 0.6) is 0 Å². The van der Waals surface area contributed by atoms with E-state index in [4.69, 9.17) is 0 Å². The number of hydrogen-bond acceptors (Lipinski definition) is 3. The van der Waals surface area contributed by atoms with Gasteiger partial charge < -0.3 is 10.6 Å². The van der Waals surface area contributed by atoms with Crippen LogP contribution in [0, 0.1) is 29.6 Å². The molecule has 0 radical (unpaired) electrons. The fourth-order valence-electron chi connectivity index (χ4n) is 2.42. The lowest BCUT2D eigenvalue weighted by molar-refractivity contribution is 0.447. The third-order valence-corrected chi connectivity index (χ3v) is 3.67. The number of rotatable bonds is 0. The molecular formula is C19H19N3. The summed E-state index contributed by atoms with van der Waals surface area (Å²) in [6.45, 7) is 2.97. The van der Waals surface area contributed by atoms with E-state index < -0.39 is 0 Å². The van der Waals surface area contributed by atoms with E-state index in [1.165, 1.54) is 0 Å². The molecule has 0 unspecified atom stereocenters. The fraction of sp³-hybridized carbons (Fsp3) is 0.316. The van der Waals surface area contributed by atoms with E-state index in [1.807, 2.05) is 24.5 Å². The molecular weight excluding hydrogens is 270 g/mol. The predicted molar refractivity (Wildman–Crippen MR) is 88.8 cm³/mol. The Kier molecular flexibility index (Phi) is 4.92. The van der Waals surface area contributed by atoms with Crippen LogP contribution in [0.2, 0.25) is 0 Å². The van der Waals surface area contributed by atoms with E-state index in [0.29, 0.717) is 5.92 Å². The number of nitrogens with zero attached hydrogens (tertiary/aromatic N) is 1. The molecule has 1 aromatic heterocycles. The average Bonchev–Trinajstić information content (AvgIpc) is 2.60. The van der Waals surface area contributed by atoms with Gasteiger partial charge in [0.1, 0.15) is 0 Å². The lowest BCUT2D eigenvalue weighted by Crippen LogP contribution is -2.26. The zero-order valence-corrected chi connectivity index (χ0v) is 12.5. The average molecular weight is 289 g/mol. The van der Waals surface area contributed by atoms with Gasteiger partial charge in [-0.05, 0) is 50.3 Å². The predicted octanol–water partition coefficient (Wildman–Crippen LogP) is 1.83. The number of piperidine rings is 1. The molecule has 2 aliphatic rings. The molecule has 0 bridgehead atoms. The zero-order valence-electron chi connectivity index (χ0n) is 12.5. The Morgan fingerprint density at radius 1 is 1.05 bits per heavy atom. The Morgan fingerprint density at radius 2 is 1.86 bits per heavy atom. The second kappa shape index (κ2) is 7.50. The largest absolute Gasteiger partial charge is 0.387 e. The summed E-state index contributed by atoms with van der Waals surface area (Å²) in [6, 6.07) is 2.01. The van der Waals surface area contributed by atoms with Gasteiger partial charge >= 0.3 is 0 Å². The number of pyridine rings is 1. The van der Waals surface area contributed by atoms with Crippen LogP contribution in [0.4, 0.5) is 0 Å². The lowest BCUT2D eigenvalue weighted by atomic mass is 9.98. The summed E-state index contributed by atoms with van der Waals surface area (Å²) in [4.78, 5) is 4.24. The summed E-state index contributed by atoms with van der Waals surface area (Å²) in [6.07, 6.45) is 11.8. The van der Waals surface area contributed by atoms with E-state index in [0.717, 1.165) is 49.2 Å². The lowest BCUT2D eigenvalue weighted by Gasteiger charge is -2.17. The SMILES string of the molecule is C(#Cc1cncc(C#CC2CCNCC2)c1)C1=CCNC=C1. The minimum absolute atomic E-state index is 0.501. The van der Waals surface area contributed by atoms with Crippen molar-refractivity contribution in [2.24, 2.45) is 5.92 Å². The molecule has 1 fully saturated rings. The molecule has 110 valence electrons. The summed E-state index contributed by atoms with van der Waals surface area (Å²) >= 11 is 0. The summed E-state index contributed by atoms with van der Waals surface area (Å²) < 4.78 is 0. The molecule has 3 nitrogen and oxygen atoms in total. The molecule has 2 aliphatic heterocycles. The molecule has 2 N–H and O–H groups in total. The van der Waals surface area contributed by atoms with Gasteiger partial charge in [0, 0.05) is 41.6 Å². The van der Waals surface area contributed by atoms with Gasteiger partial charge in [0.05, 0.1) is 0 Å². The maximum Gasteiger partial charge on any atom is 0.0444 e. The highest BCUT2D eigenvalue weighted by molar-refractivity contribution is 5.47. The maximum absolute atomic E-state index is 4.24. The summed E-state index contributed by atoms with van der Waals surface area (Å²) in [5.41, 5.74) is 2.88. The van der Waals surface area contributed by atoms with Crippen molar-refractivity contribution in [1.29, 1.82) is 0 Å². The number of hydrogen-bond donors (Lipinski definition) is 2. The molecule has 0 amide bonds. The van der Waals surface area contributed by atoms with Crippen molar-refractivity contribution in [3.8, 4) is 23.7 Å². The molecule has 0 saturated carbocycles. The van der Waals surface area contributed by atoms with Gasteiger partial charge in [-0.2, -0.15) is 0 Å². The van der Waals surface area contributed by atoms with Crippen LogP contribution < -0.4 is 10.6 Å². The Hall–Kier alpha value is -2.49. The van der Waals surface area contributed by atoms with Gasteiger partial charge in [0.2, 0.25) is 0 Å². The standard InChI is InChI=1S/C19H19N3/c1(16-5-9-20-10-6-16)3-18-13-19(15-22-14-18)4-2-17-7-11-21-12-8-17/h5-6,9,13-15,17,20-21H,7-8,10-12H2. The van der Waals surface area contributed by atoms with Crippen LogP contribution in [0.1, 0.15) is 24.0 Å². The smallest absolute Gasteiger partial charge is 0.0444 e. The quantitative estimate of drug-likeness (QED) is 0.716. The van der Waals surface area contributed by atoms with Crippen LogP contribution in [0.25, 0.3) is 0 Å². The Labute approximate surface area is 131 Å². The van der Waals surface area contributed by atoms with E-state index in [9.17, 15) is 0 Å². The highest BCUT2D eigenvalue weighted by atomic mass is 14.9. The third kappa shape index (κ3) is 4.25. The van der Waals surface area contributed by atoms with Crippen molar-refractivity contribution < 1.29 is 0 Å². The minimum Gasteiger partial charge on any atom is -0.387 e. The summed E-state index contributed by atoms with van der Waals surface area (Å²) in [5.74, 6) is 13.4. The van der Waals surface area contributed by atoms with Crippen LogP contribution >= 0.6 is 0 Å². The van der Waals surface area contributed by atoms with E-state index in [2.05, 4.69) is 45.4 Å². The van der Waals surface area contributed by atoms with Crippen molar-refractivity contribution in [2.45, 2.75) is 12.8 Å². The first-order valence-electron chi connectivity index (χ1n) is 7.69. The van der Waals surface area contributed by atoms with Crippen LogP contribution in [0.3, 0.4) is 0 Å². The van der Waals surface area contributed by atoms with Gasteiger partial charge in [-0.1, -0.05) is 23.7 Å². The minimum atomic E-state index is 0.501. The first-order chi connectivity index (χ1) is 10.9. The van der Waals surface area contributed by atoms with Gasteiger partial charge in [0.25, 0.3) is 0 Å². The van der Waals surface area contributed by atoms with Gasteiger partial charge in [0.15, 0.2) is 0 Å². The number of dihydropyridines is 1. The zero-order chi connectivity index (χ0) is 15.0. The molecule has 22 heavy (non-hydrogen) atoms. The van der Waals surface area contributed by atoms with Crippen LogP contribution in [-0.2, 0) is 0 Å². The van der Waals surface area contributed by atoms with E-state index >= 15 is 0 Å². The molecule has 1 saturated heterocycles. The monoisotopic (exact) mass is 289 g/mol. The second-order valence-corrected chi connectivity index (χ2v) is 5.41. The van der Waals surface area contributed by atoms with Crippen molar-refractivity contribution >= 4 is 0 Å². The van der Waals surface area contributed by atoms with Crippen molar-refractivity contribution in [2.75, 3.05) is 19.6 Å². The normalized spacial score (nSPS) is 17.4. The Balaban J connectivity index is 1.70. The van der Waals surface area contributed by atoms with Gasteiger partial charge in [-0.25, -0.2) is 0 Å². The first kappa shape index (κ1) is 14.4. The van der Waals surface area contributed by atoms with E-state index in [-0.39, 0.29) is 0 Å². The molecule has 3 heteroatoms. The first-order valence-corrected chi connectivity index (χ1v) is 7.69. The van der Waals surface area contributed by atoms with E-state index in [1.54, 1.807) is 6.20 Å². The second-order valence-electron chi connectivity index (χ2n) is 5.41. The molecule has 3 heterocycles. The number of allylic oxidation sites excluding steroid dienone is 2. The molecule has 3 rings (SSSR count). The summed E-state index contributed by atoms with van der Waals surface area (Å²) in [5, 5.41) is 6.47. The Bertz CT molecular complexity index is 701. The molecule has 0 atom stereocenters. The van der Waals surface area contributed by atoms with Crippen molar-refractivity contribution in [3.05, 3.63) is 53.5 Å². The number of aromatic nitrogens is 1. The van der Waals surface area contributed by atoms with Crippen LogP contribution in [-0.4, -0.2) is 24.6 Å². The molecule has 0 aliphatic carbocycles. The van der Waals surface area contributed by atoms with Crippen molar-refractivity contribution in [3.63, 3.8) is 0 Å². The van der Waals surface area contributed by atoms with Gasteiger partial charge in [-0.15, -0.1) is 0 Å². The molecule has 0 aromatic carbocycles. The van der Waals surface area contributed by atoms with Crippen molar-refractivity contribution in [1.82, 2.24) is 15.6 Å².